The van der Waals surface area contributed by atoms with Gasteiger partial charge in [0.25, 0.3) is 5.91 Å². The standard InChI is InChI=1S/C18H18N4O2/c1-13-15(12-21-22(13)17-9-5-6-10-19-17)18(23)20-11-14-7-3-4-8-16(14)24-2/h3-10,12H,11H2,1-2H3,(H,20,23). The summed E-state index contributed by atoms with van der Waals surface area (Å²) in [6, 6.07) is 13.2. The summed E-state index contributed by atoms with van der Waals surface area (Å²) >= 11 is 0. The topological polar surface area (TPSA) is 69.0 Å². The molecule has 3 aromatic rings. The van der Waals surface area contributed by atoms with Gasteiger partial charge in [0.2, 0.25) is 0 Å². The number of pyridine rings is 1. The zero-order valence-corrected chi connectivity index (χ0v) is 13.6. The molecule has 0 saturated carbocycles. The molecule has 1 aromatic carbocycles. The predicted octanol–water partition coefficient (Wildman–Crippen LogP) is 2.51. The Hall–Kier alpha value is -3.15. The highest BCUT2D eigenvalue weighted by molar-refractivity contribution is 5.95. The Balaban J connectivity index is 1.76. The quantitative estimate of drug-likeness (QED) is 0.783. The largest absolute Gasteiger partial charge is 0.496 e. The fourth-order valence-electron chi connectivity index (χ4n) is 2.46. The Labute approximate surface area is 140 Å². The van der Waals surface area contributed by atoms with E-state index in [2.05, 4.69) is 15.4 Å². The number of nitrogens with one attached hydrogen (secondary N) is 1. The minimum atomic E-state index is -0.180. The van der Waals surface area contributed by atoms with Crippen molar-refractivity contribution in [2.24, 2.45) is 0 Å². The van der Waals surface area contributed by atoms with Gasteiger partial charge in [0.05, 0.1) is 24.6 Å². The first-order valence-corrected chi connectivity index (χ1v) is 7.57. The van der Waals surface area contributed by atoms with E-state index in [1.807, 2.05) is 49.4 Å². The monoisotopic (exact) mass is 322 g/mol. The number of hydrogen-bond acceptors (Lipinski definition) is 4. The molecule has 0 unspecified atom stereocenters. The Morgan fingerprint density at radius 3 is 2.75 bits per heavy atom. The van der Waals surface area contributed by atoms with Crippen molar-refractivity contribution < 1.29 is 9.53 Å². The SMILES string of the molecule is COc1ccccc1CNC(=O)c1cnn(-c2ccccn2)c1C. The zero-order valence-electron chi connectivity index (χ0n) is 13.6. The van der Waals surface area contributed by atoms with Gasteiger partial charge < -0.3 is 10.1 Å². The third-order valence-corrected chi connectivity index (χ3v) is 3.75. The molecule has 0 aliphatic carbocycles. The molecule has 0 spiro atoms. The van der Waals surface area contributed by atoms with Gasteiger partial charge in [-0.3, -0.25) is 4.79 Å². The van der Waals surface area contributed by atoms with Crippen molar-refractivity contribution in [2.75, 3.05) is 7.11 Å². The molecule has 0 radical (unpaired) electrons. The highest BCUT2D eigenvalue weighted by Gasteiger charge is 2.15. The molecule has 0 fully saturated rings. The van der Waals surface area contributed by atoms with Gasteiger partial charge in [-0.25, -0.2) is 9.67 Å². The third kappa shape index (κ3) is 3.12. The van der Waals surface area contributed by atoms with Crippen LogP contribution >= 0.6 is 0 Å². The summed E-state index contributed by atoms with van der Waals surface area (Å²) in [5.41, 5.74) is 2.19. The van der Waals surface area contributed by atoms with Crippen molar-refractivity contribution in [2.45, 2.75) is 13.5 Å². The van der Waals surface area contributed by atoms with Crippen LogP contribution in [-0.2, 0) is 6.54 Å². The van der Waals surface area contributed by atoms with Crippen LogP contribution in [0.1, 0.15) is 21.6 Å². The smallest absolute Gasteiger partial charge is 0.255 e. The molecule has 0 saturated heterocycles. The first-order chi connectivity index (χ1) is 11.7. The zero-order chi connectivity index (χ0) is 16.9. The van der Waals surface area contributed by atoms with Gasteiger partial charge in [0.15, 0.2) is 5.82 Å². The molecule has 1 amide bonds. The number of methoxy groups -OCH3 is 1. The second kappa shape index (κ2) is 6.95. The van der Waals surface area contributed by atoms with Gasteiger partial charge in [-0.1, -0.05) is 24.3 Å². The molecule has 3 rings (SSSR count). The average Bonchev–Trinajstić information content (AvgIpc) is 3.02. The van der Waals surface area contributed by atoms with Gasteiger partial charge in [0.1, 0.15) is 5.75 Å². The van der Waals surface area contributed by atoms with E-state index < -0.39 is 0 Å². The molecular weight excluding hydrogens is 304 g/mol. The maximum Gasteiger partial charge on any atom is 0.255 e. The number of aromatic nitrogens is 3. The maximum atomic E-state index is 12.5. The lowest BCUT2D eigenvalue weighted by atomic mass is 10.2. The number of ether oxygens (including phenoxy) is 1. The Bertz CT molecular complexity index is 843. The fourth-order valence-corrected chi connectivity index (χ4v) is 2.46. The molecule has 6 nitrogen and oxygen atoms in total. The molecule has 6 heteroatoms. The predicted molar refractivity (Wildman–Crippen MR) is 90.3 cm³/mol. The lowest BCUT2D eigenvalue weighted by Gasteiger charge is -2.09. The molecule has 0 aliphatic heterocycles. The van der Waals surface area contributed by atoms with Crippen molar-refractivity contribution in [1.82, 2.24) is 20.1 Å². The molecule has 0 aliphatic rings. The number of hydrogen-bond donors (Lipinski definition) is 1. The first kappa shape index (κ1) is 15.7. The number of para-hydroxylation sites is 1. The molecule has 2 heterocycles. The summed E-state index contributed by atoms with van der Waals surface area (Å²) in [5, 5.41) is 7.17. The van der Waals surface area contributed by atoms with E-state index in [1.165, 1.54) is 0 Å². The molecule has 0 atom stereocenters. The normalized spacial score (nSPS) is 10.4. The van der Waals surface area contributed by atoms with Crippen LogP contribution in [0.3, 0.4) is 0 Å². The molecule has 122 valence electrons. The van der Waals surface area contributed by atoms with Crippen LogP contribution in [0.25, 0.3) is 5.82 Å². The van der Waals surface area contributed by atoms with Gasteiger partial charge in [-0.2, -0.15) is 5.10 Å². The lowest BCUT2D eigenvalue weighted by Crippen LogP contribution is -2.23. The van der Waals surface area contributed by atoms with E-state index in [4.69, 9.17) is 4.74 Å². The Morgan fingerprint density at radius 2 is 2.00 bits per heavy atom. The van der Waals surface area contributed by atoms with Crippen molar-refractivity contribution in [3.05, 3.63) is 71.7 Å². The minimum absolute atomic E-state index is 0.180. The third-order valence-electron chi connectivity index (χ3n) is 3.75. The van der Waals surface area contributed by atoms with E-state index in [9.17, 15) is 4.79 Å². The van der Waals surface area contributed by atoms with E-state index in [0.717, 1.165) is 17.0 Å². The van der Waals surface area contributed by atoms with Crippen LogP contribution in [0.4, 0.5) is 0 Å². The minimum Gasteiger partial charge on any atom is -0.496 e. The van der Waals surface area contributed by atoms with Crippen LogP contribution < -0.4 is 10.1 Å². The number of carbonyl (C=O) groups is 1. The highest BCUT2D eigenvalue weighted by Crippen LogP contribution is 2.17. The number of rotatable bonds is 5. The van der Waals surface area contributed by atoms with Crippen LogP contribution in [0.2, 0.25) is 0 Å². The number of benzene rings is 1. The summed E-state index contributed by atoms with van der Waals surface area (Å²) in [6.07, 6.45) is 3.25. The molecule has 1 N–H and O–H groups in total. The summed E-state index contributed by atoms with van der Waals surface area (Å²) in [4.78, 5) is 16.7. The Morgan fingerprint density at radius 1 is 1.21 bits per heavy atom. The maximum absolute atomic E-state index is 12.5. The van der Waals surface area contributed by atoms with Crippen LogP contribution in [0.5, 0.6) is 5.75 Å². The van der Waals surface area contributed by atoms with Crippen molar-refractivity contribution in [3.63, 3.8) is 0 Å². The molecule has 24 heavy (non-hydrogen) atoms. The van der Waals surface area contributed by atoms with E-state index >= 15 is 0 Å². The van der Waals surface area contributed by atoms with Gasteiger partial charge in [0, 0.05) is 18.3 Å². The lowest BCUT2D eigenvalue weighted by molar-refractivity contribution is 0.0950. The molecule has 0 bridgehead atoms. The molecule has 2 aromatic heterocycles. The van der Waals surface area contributed by atoms with Gasteiger partial charge in [-0.15, -0.1) is 0 Å². The van der Waals surface area contributed by atoms with Crippen molar-refractivity contribution in [3.8, 4) is 11.6 Å². The van der Waals surface area contributed by atoms with Crippen molar-refractivity contribution in [1.29, 1.82) is 0 Å². The van der Waals surface area contributed by atoms with Crippen molar-refractivity contribution >= 4 is 5.91 Å². The number of carbonyl (C=O) groups excluding carboxylic acids is 1. The summed E-state index contributed by atoms with van der Waals surface area (Å²) in [7, 11) is 1.61. The average molecular weight is 322 g/mol. The summed E-state index contributed by atoms with van der Waals surface area (Å²) < 4.78 is 6.94. The van der Waals surface area contributed by atoms with E-state index in [1.54, 1.807) is 24.2 Å². The van der Waals surface area contributed by atoms with E-state index in [0.29, 0.717) is 17.9 Å². The second-order valence-corrected chi connectivity index (χ2v) is 5.24. The van der Waals surface area contributed by atoms with Crippen LogP contribution in [-0.4, -0.2) is 27.8 Å². The summed E-state index contributed by atoms with van der Waals surface area (Å²) in [6.45, 7) is 2.23. The Kier molecular flexibility index (Phi) is 4.56. The fraction of sp³-hybridized carbons (Fsp3) is 0.167. The highest BCUT2D eigenvalue weighted by atomic mass is 16.5. The van der Waals surface area contributed by atoms with Crippen LogP contribution in [0.15, 0.2) is 54.9 Å². The summed E-state index contributed by atoms with van der Waals surface area (Å²) in [5.74, 6) is 1.25. The van der Waals surface area contributed by atoms with Crippen LogP contribution in [0, 0.1) is 6.92 Å². The second-order valence-electron chi connectivity index (χ2n) is 5.24. The molecular formula is C18H18N4O2. The number of nitrogens with zero attached hydrogens (tertiary/aromatic N) is 3. The first-order valence-electron chi connectivity index (χ1n) is 7.57. The van der Waals surface area contributed by atoms with Gasteiger partial charge >= 0.3 is 0 Å². The van der Waals surface area contributed by atoms with E-state index in [-0.39, 0.29) is 5.91 Å². The number of amides is 1. The van der Waals surface area contributed by atoms with Gasteiger partial charge in [-0.05, 0) is 25.1 Å².